The van der Waals surface area contributed by atoms with E-state index in [9.17, 15) is 8.42 Å². The summed E-state index contributed by atoms with van der Waals surface area (Å²) < 4.78 is 27.2. The zero-order chi connectivity index (χ0) is 9.61. The molecule has 0 unspecified atom stereocenters. The van der Waals surface area contributed by atoms with E-state index in [4.69, 9.17) is 10.5 Å². The van der Waals surface area contributed by atoms with Gasteiger partial charge in [0.25, 0.3) is 0 Å². The van der Waals surface area contributed by atoms with Gasteiger partial charge in [-0.1, -0.05) is 0 Å². The second kappa shape index (κ2) is 5.50. The van der Waals surface area contributed by atoms with Crippen LogP contribution in [0.2, 0.25) is 0 Å². The molecule has 0 radical (unpaired) electrons. The highest BCUT2D eigenvalue weighted by atomic mass is 32.2. The maximum Gasteiger partial charge on any atom is 0.153 e. The summed E-state index contributed by atoms with van der Waals surface area (Å²) in [6, 6.07) is 0. The van der Waals surface area contributed by atoms with Crippen LogP contribution in [0, 0.1) is 0 Å². The van der Waals surface area contributed by atoms with E-state index in [1.807, 2.05) is 13.8 Å². The van der Waals surface area contributed by atoms with Crippen molar-refractivity contribution in [1.29, 1.82) is 0 Å². The topological polar surface area (TPSA) is 69.4 Å². The summed E-state index contributed by atoms with van der Waals surface area (Å²) in [5, 5.41) is 0. The molecule has 0 heterocycles. The Morgan fingerprint density at radius 3 is 2.33 bits per heavy atom. The minimum absolute atomic E-state index is 0.0501. The molecule has 0 spiro atoms. The van der Waals surface area contributed by atoms with Gasteiger partial charge in [0, 0.05) is 6.54 Å². The molecule has 0 aromatic heterocycles. The molecule has 0 aliphatic heterocycles. The van der Waals surface area contributed by atoms with Crippen molar-refractivity contribution in [2.75, 3.05) is 24.7 Å². The van der Waals surface area contributed by atoms with Crippen molar-refractivity contribution in [3.8, 4) is 0 Å². The van der Waals surface area contributed by atoms with E-state index in [2.05, 4.69) is 0 Å². The molecule has 0 aromatic carbocycles. The summed E-state index contributed by atoms with van der Waals surface area (Å²) in [5.74, 6) is 0.122. The lowest BCUT2D eigenvalue weighted by molar-refractivity contribution is 0.0912. The van der Waals surface area contributed by atoms with Crippen LogP contribution in [-0.4, -0.2) is 39.2 Å². The standard InChI is InChI=1S/C7H17NO3S/c1-7(2)11-4-6-12(9,10)5-3-8/h7H,3-6,8H2,1-2H3. The quantitative estimate of drug-likeness (QED) is 0.636. The van der Waals surface area contributed by atoms with Gasteiger partial charge in [-0.15, -0.1) is 0 Å². The average molecular weight is 195 g/mol. The van der Waals surface area contributed by atoms with Gasteiger partial charge >= 0.3 is 0 Å². The summed E-state index contributed by atoms with van der Waals surface area (Å²) in [6.45, 7) is 4.19. The molecular weight excluding hydrogens is 178 g/mol. The highest BCUT2D eigenvalue weighted by Crippen LogP contribution is 1.92. The van der Waals surface area contributed by atoms with Crippen molar-refractivity contribution in [1.82, 2.24) is 0 Å². The van der Waals surface area contributed by atoms with Crippen LogP contribution in [0.1, 0.15) is 13.8 Å². The van der Waals surface area contributed by atoms with Crippen molar-refractivity contribution in [3.05, 3.63) is 0 Å². The Morgan fingerprint density at radius 1 is 1.33 bits per heavy atom. The van der Waals surface area contributed by atoms with Gasteiger partial charge in [-0.05, 0) is 13.8 Å². The Morgan fingerprint density at radius 2 is 1.92 bits per heavy atom. The minimum atomic E-state index is -2.98. The predicted octanol–water partition coefficient (Wildman–Crippen LogP) is -0.215. The molecule has 4 nitrogen and oxygen atoms in total. The smallest absolute Gasteiger partial charge is 0.153 e. The fraction of sp³-hybridized carbons (Fsp3) is 1.00. The van der Waals surface area contributed by atoms with Crippen LogP contribution in [-0.2, 0) is 14.6 Å². The molecule has 0 fully saturated rings. The van der Waals surface area contributed by atoms with Crippen LogP contribution in [0.3, 0.4) is 0 Å². The molecule has 0 bridgehead atoms. The summed E-state index contributed by atoms with van der Waals surface area (Å²) in [5.41, 5.74) is 5.13. The van der Waals surface area contributed by atoms with E-state index >= 15 is 0 Å². The van der Waals surface area contributed by atoms with Gasteiger partial charge in [0.2, 0.25) is 0 Å². The van der Waals surface area contributed by atoms with Gasteiger partial charge in [-0.25, -0.2) is 8.42 Å². The van der Waals surface area contributed by atoms with Crippen molar-refractivity contribution < 1.29 is 13.2 Å². The van der Waals surface area contributed by atoms with Gasteiger partial charge in [-0.2, -0.15) is 0 Å². The fourth-order valence-corrected chi connectivity index (χ4v) is 1.61. The molecule has 0 saturated heterocycles. The summed E-state index contributed by atoms with van der Waals surface area (Å²) in [4.78, 5) is 0. The Hall–Kier alpha value is -0.130. The molecule has 0 aliphatic rings. The zero-order valence-corrected chi connectivity index (χ0v) is 8.43. The van der Waals surface area contributed by atoms with E-state index in [0.717, 1.165) is 0 Å². The Balaban J connectivity index is 3.62. The maximum absolute atomic E-state index is 11.1. The molecule has 74 valence electrons. The van der Waals surface area contributed by atoms with Crippen LogP contribution in [0.5, 0.6) is 0 Å². The molecule has 0 aromatic rings. The zero-order valence-electron chi connectivity index (χ0n) is 7.62. The lowest BCUT2D eigenvalue weighted by Crippen LogP contribution is -2.22. The van der Waals surface area contributed by atoms with E-state index < -0.39 is 9.84 Å². The van der Waals surface area contributed by atoms with Gasteiger partial charge in [0.1, 0.15) is 0 Å². The normalized spacial score (nSPS) is 12.3. The Kier molecular flexibility index (Phi) is 5.44. The lowest BCUT2D eigenvalue weighted by Gasteiger charge is -2.06. The van der Waals surface area contributed by atoms with Crippen molar-refractivity contribution >= 4 is 9.84 Å². The number of rotatable bonds is 6. The molecule has 5 heteroatoms. The van der Waals surface area contributed by atoms with Gasteiger partial charge in [0.05, 0.1) is 24.2 Å². The molecule has 0 aliphatic carbocycles. The summed E-state index contributed by atoms with van der Waals surface area (Å²) >= 11 is 0. The molecule has 0 rings (SSSR count). The average Bonchev–Trinajstić information content (AvgIpc) is 1.85. The van der Waals surface area contributed by atoms with Crippen LogP contribution < -0.4 is 5.73 Å². The first-order valence-electron chi connectivity index (χ1n) is 4.00. The van der Waals surface area contributed by atoms with Crippen molar-refractivity contribution in [2.24, 2.45) is 5.73 Å². The number of hydrogen-bond donors (Lipinski definition) is 1. The number of ether oxygens (including phenoxy) is 1. The highest BCUT2D eigenvalue weighted by molar-refractivity contribution is 7.91. The van der Waals surface area contributed by atoms with E-state index in [1.54, 1.807) is 0 Å². The molecular formula is C7H17NO3S. The largest absolute Gasteiger partial charge is 0.378 e. The third-order valence-electron chi connectivity index (χ3n) is 1.27. The Labute approximate surface area is 74.0 Å². The van der Waals surface area contributed by atoms with Crippen LogP contribution in [0.15, 0.2) is 0 Å². The molecule has 12 heavy (non-hydrogen) atoms. The second-order valence-corrected chi connectivity index (χ2v) is 5.16. The number of sulfone groups is 1. The van der Waals surface area contributed by atoms with E-state index in [1.165, 1.54) is 0 Å². The van der Waals surface area contributed by atoms with Crippen LogP contribution in [0.25, 0.3) is 0 Å². The summed E-state index contributed by atoms with van der Waals surface area (Å²) in [7, 11) is -2.98. The van der Waals surface area contributed by atoms with Crippen molar-refractivity contribution in [2.45, 2.75) is 20.0 Å². The van der Waals surface area contributed by atoms with Gasteiger partial charge < -0.3 is 10.5 Å². The first-order valence-corrected chi connectivity index (χ1v) is 5.82. The molecule has 0 saturated carbocycles. The van der Waals surface area contributed by atoms with Gasteiger partial charge in [0.15, 0.2) is 9.84 Å². The highest BCUT2D eigenvalue weighted by Gasteiger charge is 2.09. The van der Waals surface area contributed by atoms with E-state index in [0.29, 0.717) is 0 Å². The molecule has 2 N–H and O–H groups in total. The van der Waals surface area contributed by atoms with Crippen molar-refractivity contribution in [3.63, 3.8) is 0 Å². The first kappa shape index (κ1) is 11.9. The van der Waals surface area contributed by atoms with E-state index in [-0.39, 0.29) is 30.8 Å². The second-order valence-electron chi connectivity index (χ2n) is 2.86. The first-order chi connectivity index (χ1) is 5.48. The third kappa shape index (κ3) is 6.57. The number of nitrogens with two attached hydrogens (primary N) is 1. The Bertz CT molecular complexity index is 199. The monoisotopic (exact) mass is 195 g/mol. The SMILES string of the molecule is CC(C)OCCS(=O)(=O)CCN. The number of hydrogen-bond acceptors (Lipinski definition) is 4. The fourth-order valence-electron chi connectivity index (χ4n) is 0.692. The lowest BCUT2D eigenvalue weighted by atomic mass is 10.5. The van der Waals surface area contributed by atoms with Crippen LogP contribution >= 0.6 is 0 Å². The maximum atomic E-state index is 11.1. The molecule has 0 amide bonds. The van der Waals surface area contributed by atoms with Crippen LogP contribution in [0.4, 0.5) is 0 Å². The van der Waals surface area contributed by atoms with Gasteiger partial charge in [-0.3, -0.25) is 0 Å². The third-order valence-corrected chi connectivity index (χ3v) is 2.92. The summed E-state index contributed by atoms with van der Waals surface area (Å²) in [6.07, 6.45) is 0.0816. The predicted molar refractivity (Wildman–Crippen MR) is 48.8 cm³/mol. The minimum Gasteiger partial charge on any atom is -0.378 e. The molecule has 0 atom stereocenters.